The minimum absolute atomic E-state index is 0.0893. The molecule has 1 saturated carbocycles. The second kappa shape index (κ2) is 8.92. The summed E-state index contributed by atoms with van der Waals surface area (Å²) in [5, 5.41) is 0. The molecule has 0 radical (unpaired) electrons. The van der Waals surface area contributed by atoms with Crippen molar-refractivity contribution < 1.29 is 9.21 Å². The van der Waals surface area contributed by atoms with Gasteiger partial charge in [-0.2, -0.15) is 0 Å². The van der Waals surface area contributed by atoms with E-state index in [4.69, 9.17) is 4.42 Å². The van der Waals surface area contributed by atoms with Gasteiger partial charge >= 0.3 is 0 Å². The van der Waals surface area contributed by atoms with E-state index in [0.29, 0.717) is 5.92 Å². The monoisotopic (exact) mass is 318 g/mol. The summed E-state index contributed by atoms with van der Waals surface area (Å²) < 4.78 is 5.50. The van der Waals surface area contributed by atoms with E-state index in [0.717, 1.165) is 31.2 Å². The van der Waals surface area contributed by atoms with Crippen LogP contribution in [-0.4, -0.2) is 49.4 Å². The Labute approximate surface area is 140 Å². The zero-order valence-electron chi connectivity index (χ0n) is 14.8. The maximum atomic E-state index is 12.6. The highest BCUT2D eigenvalue weighted by molar-refractivity contribution is 5.91. The predicted molar refractivity (Wildman–Crippen MR) is 94.2 cm³/mol. The molecule has 1 heterocycles. The standard InChI is InChI=1S/C19H30N2O2/c1-16-9-10-18(23-16)11-12-19(22)21(14-13-20(2)3)15-17-7-5-4-6-8-17/h9-12,17H,4-8,13-15H2,1-3H3/b12-11+. The number of hydrogen-bond acceptors (Lipinski definition) is 3. The summed E-state index contributed by atoms with van der Waals surface area (Å²) in [6.45, 7) is 4.47. The lowest BCUT2D eigenvalue weighted by Crippen LogP contribution is -2.39. The summed E-state index contributed by atoms with van der Waals surface area (Å²) in [5.74, 6) is 2.35. The predicted octanol–water partition coefficient (Wildman–Crippen LogP) is 3.57. The van der Waals surface area contributed by atoms with Crippen molar-refractivity contribution in [3.8, 4) is 0 Å². The van der Waals surface area contributed by atoms with Crippen molar-refractivity contribution in [3.63, 3.8) is 0 Å². The smallest absolute Gasteiger partial charge is 0.246 e. The average Bonchev–Trinajstić information content (AvgIpc) is 2.95. The Morgan fingerprint density at radius 3 is 2.57 bits per heavy atom. The zero-order valence-corrected chi connectivity index (χ0v) is 14.8. The second-order valence-electron chi connectivity index (χ2n) is 6.87. The van der Waals surface area contributed by atoms with E-state index in [1.54, 1.807) is 12.2 Å². The minimum atomic E-state index is 0.0893. The Bertz CT molecular complexity index is 513. The molecule has 0 saturated heterocycles. The van der Waals surface area contributed by atoms with Gasteiger partial charge in [0.25, 0.3) is 0 Å². The molecule has 0 aromatic carbocycles. The van der Waals surface area contributed by atoms with E-state index < -0.39 is 0 Å². The fourth-order valence-electron chi connectivity index (χ4n) is 3.10. The van der Waals surface area contributed by atoms with E-state index in [9.17, 15) is 4.79 Å². The van der Waals surface area contributed by atoms with Gasteiger partial charge in [-0.05, 0) is 58.0 Å². The third kappa shape index (κ3) is 6.22. The van der Waals surface area contributed by atoms with Crippen LogP contribution in [0, 0.1) is 12.8 Å². The molecule has 1 aromatic rings. The first-order chi connectivity index (χ1) is 11.0. The molecule has 0 N–H and O–H groups in total. The number of furan rings is 1. The van der Waals surface area contributed by atoms with Crippen LogP contribution in [0.2, 0.25) is 0 Å². The van der Waals surface area contributed by atoms with Gasteiger partial charge in [-0.15, -0.1) is 0 Å². The van der Waals surface area contributed by atoms with Crippen LogP contribution in [0.1, 0.15) is 43.6 Å². The third-order valence-electron chi connectivity index (χ3n) is 4.48. The van der Waals surface area contributed by atoms with Crippen molar-refractivity contribution in [2.45, 2.75) is 39.0 Å². The van der Waals surface area contributed by atoms with Gasteiger partial charge in [-0.25, -0.2) is 0 Å². The van der Waals surface area contributed by atoms with E-state index in [1.807, 2.05) is 38.1 Å². The molecular formula is C19H30N2O2. The van der Waals surface area contributed by atoms with Crippen LogP contribution < -0.4 is 0 Å². The quantitative estimate of drug-likeness (QED) is 0.721. The van der Waals surface area contributed by atoms with Crippen LogP contribution in [0.15, 0.2) is 22.6 Å². The normalized spacial score (nSPS) is 16.3. The lowest BCUT2D eigenvalue weighted by molar-refractivity contribution is -0.126. The molecule has 4 heteroatoms. The molecule has 0 aliphatic heterocycles. The first-order valence-electron chi connectivity index (χ1n) is 8.73. The lowest BCUT2D eigenvalue weighted by atomic mass is 9.89. The van der Waals surface area contributed by atoms with Crippen LogP contribution in [0.25, 0.3) is 6.08 Å². The van der Waals surface area contributed by atoms with Gasteiger partial charge < -0.3 is 14.2 Å². The number of hydrogen-bond donors (Lipinski definition) is 0. The SMILES string of the molecule is Cc1ccc(/C=C/C(=O)N(CCN(C)C)CC2CCCCC2)o1. The van der Waals surface area contributed by atoms with Crippen molar-refractivity contribution >= 4 is 12.0 Å². The molecule has 4 nitrogen and oxygen atoms in total. The fourth-order valence-corrected chi connectivity index (χ4v) is 3.10. The van der Waals surface area contributed by atoms with Crippen LogP contribution in [0.5, 0.6) is 0 Å². The Hall–Kier alpha value is -1.55. The highest BCUT2D eigenvalue weighted by Crippen LogP contribution is 2.24. The third-order valence-corrected chi connectivity index (χ3v) is 4.48. The molecule has 1 amide bonds. The second-order valence-corrected chi connectivity index (χ2v) is 6.87. The molecule has 2 rings (SSSR count). The number of aryl methyl sites for hydroxylation is 1. The number of carbonyl (C=O) groups is 1. The number of likely N-dealkylation sites (N-methyl/N-ethyl adjacent to an activating group) is 1. The van der Waals surface area contributed by atoms with Gasteiger partial charge in [-0.1, -0.05) is 19.3 Å². The zero-order chi connectivity index (χ0) is 16.7. The molecule has 1 aromatic heterocycles. The lowest BCUT2D eigenvalue weighted by Gasteiger charge is -2.30. The summed E-state index contributed by atoms with van der Waals surface area (Å²) in [4.78, 5) is 16.7. The summed E-state index contributed by atoms with van der Waals surface area (Å²) in [7, 11) is 4.09. The molecule has 1 aliphatic carbocycles. The van der Waals surface area contributed by atoms with Crippen LogP contribution >= 0.6 is 0 Å². The van der Waals surface area contributed by atoms with Gasteiger partial charge in [-0.3, -0.25) is 4.79 Å². The molecule has 0 spiro atoms. The largest absolute Gasteiger partial charge is 0.462 e. The highest BCUT2D eigenvalue weighted by Gasteiger charge is 2.19. The van der Waals surface area contributed by atoms with Crippen LogP contribution in [0.3, 0.4) is 0 Å². The highest BCUT2D eigenvalue weighted by atomic mass is 16.3. The Morgan fingerprint density at radius 2 is 1.96 bits per heavy atom. The summed E-state index contributed by atoms with van der Waals surface area (Å²) >= 11 is 0. The first kappa shape index (κ1) is 17.8. The van der Waals surface area contributed by atoms with Crippen molar-refractivity contribution in [2.75, 3.05) is 33.7 Å². The molecule has 0 unspecified atom stereocenters. The number of rotatable bonds is 7. The Morgan fingerprint density at radius 1 is 1.22 bits per heavy atom. The van der Waals surface area contributed by atoms with Gasteiger partial charge in [0.15, 0.2) is 0 Å². The Kier molecular flexibility index (Phi) is 6.90. The van der Waals surface area contributed by atoms with Crippen LogP contribution in [-0.2, 0) is 4.79 Å². The number of carbonyl (C=O) groups excluding carboxylic acids is 1. The molecule has 128 valence electrons. The molecule has 0 atom stereocenters. The fraction of sp³-hybridized carbons (Fsp3) is 0.632. The summed E-state index contributed by atoms with van der Waals surface area (Å²) in [5.41, 5.74) is 0. The number of amides is 1. The van der Waals surface area contributed by atoms with Crippen molar-refractivity contribution in [1.29, 1.82) is 0 Å². The van der Waals surface area contributed by atoms with Crippen molar-refractivity contribution in [1.82, 2.24) is 9.80 Å². The van der Waals surface area contributed by atoms with E-state index >= 15 is 0 Å². The van der Waals surface area contributed by atoms with Crippen molar-refractivity contribution in [3.05, 3.63) is 29.7 Å². The molecule has 0 bridgehead atoms. The van der Waals surface area contributed by atoms with Gasteiger partial charge in [0.1, 0.15) is 11.5 Å². The van der Waals surface area contributed by atoms with Gasteiger partial charge in [0.2, 0.25) is 5.91 Å². The van der Waals surface area contributed by atoms with Crippen LogP contribution in [0.4, 0.5) is 0 Å². The average molecular weight is 318 g/mol. The molecule has 1 aliphatic rings. The maximum absolute atomic E-state index is 12.6. The topological polar surface area (TPSA) is 36.7 Å². The van der Waals surface area contributed by atoms with Gasteiger partial charge in [0.05, 0.1) is 0 Å². The van der Waals surface area contributed by atoms with Gasteiger partial charge in [0, 0.05) is 25.7 Å². The summed E-state index contributed by atoms with van der Waals surface area (Å²) in [6.07, 6.45) is 9.90. The number of nitrogens with zero attached hydrogens (tertiary/aromatic N) is 2. The van der Waals surface area contributed by atoms with E-state index in [1.165, 1.54) is 32.1 Å². The van der Waals surface area contributed by atoms with E-state index in [-0.39, 0.29) is 5.91 Å². The first-order valence-corrected chi connectivity index (χ1v) is 8.73. The minimum Gasteiger partial charge on any atom is -0.462 e. The summed E-state index contributed by atoms with van der Waals surface area (Å²) in [6, 6.07) is 3.81. The molecular weight excluding hydrogens is 288 g/mol. The maximum Gasteiger partial charge on any atom is 0.246 e. The Balaban J connectivity index is 1.95. The van der Waals surface area contributed by atoms with E-state index in [2.05, 4.69) is 4.90 Å². The molecule has 1 fully saturated rings. The van der Waals surface area contributed by atoms with Crippen molar-refractivity contribution in [2.24, 2.45) is 5.92 Å². The molecule has 23 heavy (non-hydrogen) atoms.